The molecular formula is C35H22Cl2F5N3O8. The average molecular weight is 778 g/mol. The Labute approximate surface area is 305 Å². The molecular weight excluding hydrogens is 756 g/mol. The third-order valence-corrected chi connectivity index (χ3v) is 11.7. The number of nitro groups is 1. The number of amides is 4. The summed E-state index contributed by atoms with van der Waals surface area (Å²) < 4.78 is 78.4. The van der Waals surface area contributed by atoms with Crippen molar-refractivity contribution in [1.82, 2.24) is 0 Å². The van der Waals surface area contributed by atoms with Gasteiger partial charge in [-0.2, -0.15) is 0 Å². The molecule has 0 spiro atoms. The lowest BCUT2D eigenvalue weighted by atomic mass is 9.57. The summed E-state index contributed by atoms with van der Waals surface area (Å²) in [5, 5.41) is 21.3. The van der Waals surface area contributed by atoms with Crippen molar-refractivity contribution in [3.05, 3.63) is 105 Å². The number of alkyl halides is 2. The highest BCUT2D eigenvalue weighted by molar-refractivity contribution is 6.58. The van der Waals surface area contributed by atoms with Crippen LogP contribution in [-0.4, -0.2) is 50.5 Å². The van der Waals surface area contributed by atoms with E-state index in [4.69, 9.17) is 27.9 Å². The van der Waals surface area contributed by atoms with Crippen LogP contribution in [0.2, 0.25) is 0 Å². The second kappa shape index (κ2) is 12.4. The van der Waals surface area contributed by atoms with Crippen LogP contribution >= 0.6 is 23.2 Å². The maximum Gasteiger partial charge on any atom is 0.269 e. The fourth-order valence-corrected chi connectivity index (χ4v) is 8.69. The molecule has 53 heavy (non-hydrogen) atoms. The van der Waals surface area contributed by atoms with E-state index in [1.54, 1.807) is 0 Å². The van der Waals surface area contributed by atoms with Gasteiger partial charge in [0.2, 0.25) is 17.6 Å². The highest BCUT2D eigenvalue weighted by Crippen LogP contribution is 2.64. The van der Waals surface area contributed by atoms with Crippen LogP contribution < -0.4 is 14.5 Å². The van der Waals surface area contributed by atoms with Crippen molar-refractivity contribution in [2.24, 2.45) is 23.7 Å². The average Bonchev–Trinajstić information content (AvgIpc) is 3.48. The summed E-state index contributed by atoms with van der Waals surface area (Å²) in [7, 11) is 1.28. The Kier molecular flexibility index (Phi) is 8.41. The Hall–Kier alpha value is -5.35. The van der Waals surface area contributed by atoms with Crippen molar-refractivity contribution < 1.29 is 55.9 Å². The van der Waals surface area contributed by atoms with E-state index in [9.17, 15) is 47.6 Å². The first-order valence-electron chi connectivity index (χ1n) is 15.6. The first kappa shape index (κ1) is 36.0. The number of methoxy groups -OCH3 is 1. The molecule has 3 aromatic rings. The molecule has 0 bridgehead atoms. The first-order valence-corrected chi connectivity index (χ1v) is 16.4. The van der Waals surface area contributed by atoms with E-state index in [-0.39, 0.29) is 39.8 Å². The lowest BCUT2D eigenvalue weighted by molar-refractivity contribution is -0.384. The number of hydrogen-bond acceptors (Lipinski definition) is 8. The number of non-ortho nitro benzene ring substituents is 1. The molecule has 3 fully saturated rings. The molecule has 1 saturated carbocycles. The number of nitro benzene ring substituents is 1. The minimum absolute atomic E-state index is 0.00645. The highest BCUT2D eigenvalue weighted by Gasteiger charge is 2.76. The van der Waals surface area contributed by atoms with Gasteiger partial charge in [0.25, 0.3) is 17.5 Å². The van der Waals surface area contributed by atoms with Gasteiger partial charge in [0.1, 0.15) is 5.69 Å². The van der Waals surface area contributed by atoms with Gasteiger partial charge >= 0.3 is 0 Å². The number of carbonyl (C=O) groups is 4. The van der Waals surface area contributed by atoms with Crippen LogP contribution in [0, 0.1) is 62.9 Å². The van der Waals surface area contributed by atoms with Gasteiger partial charge in [-0.1, -0.05) is 29.9 Å². The molecule has 1 N–H and O–H groups in total. The summed E-state index contributed by atoms with van der Waals surface area (Å²) in [6.45, 7) is 0. The standard InChI is InChI=1S/C35H22Cl2F5N3O8/c1-53-22-12-14(3-11-21(22)46)2-10-20-17-8-9-18-23(31(48)43(30(18)47)15-4-6-16(7-5-15)45(51)52)19(17)13-34(36)32(49)44(33(50)35(20,34)37)29-27(41)25(39)24(38)26(40)28(29)42/h2-8,10-12,18-20,23,46H,9,13H2,1H3/t18-,19+,20-,23-,34+,35-/m0/s1. The zero-order valence-corrected chi connectivity index (χ0v) is 28.3. The van der Waals surface area contributed by atoms with E-state index in [1.165, 1.54) is 55.7 Å². The molecule has 2 heterocycles. The molecule has 0 unspecified atom stereocenters. The number of allylic oxidation sites excluding steroid dienone is 3. The van der Waals surface area contributed by atoms with Crippen molar-refractivity contribution in [1.29, 1.82) is 0 Å². The van der Waals surface area contributed by atoms with Gasteiger partial charge in [0.05, 0.1) is 29.6 Å². The number of phenols is 1. The molecule has 7 rings (SSSR count). The van der Waals surface area contributed by atoms with E-state index < -0.39 is 103 Å². The molecule has 6 atom stereocenters. The third-order valence-electron chi connectivity index (χ3n) is 10.3. The van der Waals surface area contributed by atoms with Crippen molar-refractivity contribution in [2.75, 3.05) is 16.9 Å². The number of imide groups is 2. The number of rotatable bonds is 6. The Balaban J connectivity index is 1.38. The topological polar surface area (TPSA) is 147 Å². The number of hydrogen-bond donors (Lipinski definition) is 1. The summed E-state index contributed by atoms with van der Waals surface area (Å²) in [6.07, 6.45) is 3.39. The molecule has 11 nitrogen and oxygen atoms in total. The molecule has 274 valence electrons. The van der Waals surface area contributed by atoms with Gasteiger partial charge in [0.15, 0.2) is 44.5 Å². The molecule has 2 aliphatic heterocycles. The number of halogens is 7. The number of nitrogens with zero attached hydrogens (tertiary/aromatic N) is 3. The number of fused-ring (bicyclic) bond motifs is 4. The first-order chi connectivity index (χ1) is 25.0. The molecule has 2 saturated heterocycles. The molecule has 3 aromatic carbocycles. The third kappa shape index (κ3) is 4.91. The zero-order valence-electron chi connectivity index (χ0n) is 26.8. The maximum atomic E-state index is 15.2. The quantitative estimate of drug-likeness (QED) is 0.0448. The van der Waals surface area contributed by atoms with Crippen LogP contribution in [0.4, 0.5) is 39.0 Å². The van der Waals surface area contributed by atoms with Crippen LogP contribution in [0.3, 0.4) is 0 Å². The van der Waals surface area contributed by atoms with E-state index in [2.05, 4.69) is 0 Å². The van der Waals surface area contributed by atoms with Gasteiger partial charge in [-0.05, 0) is 48.6 Å². The number of ether oxygens (including phenoxy) is 1. The minimum Gasteiger partial charge on any atom is -0.504 e. The summed E-state index contributed by atoms with van der Waals surface area (Å²) in [5.74, 6) is -22.4. The Morgan fingerprint density at radius 1 is 0.887 bits per heavy atom. The smallest absolute Gasteiger partial charge is 0.269 e. The molecule has 18 heteroatoms. The summed E-state index contributed by atoms with van der Waals surface area (Å²) in [6, 6.07) is 8.67. The van der Waals surface area contributed by atoms with Gasteiger partial charge in [-0.25, -0.2) is 26.9 Å². The van der Waals surface area contributed by atoms with Crippen LogP contribution in [0.15, 0.2) is 60.2 Å². The molecule has 4 amide bonds. The fraction of sp³-hybridized carbons (Fsp3) is 0.257. The zero-order chi connectivity index (χ0) is 38.5. The molecule has 0 aromatic heterocycles. The van der Waals surface area contributed by atoms with Crippen molar-refractivity contribution in [3.63, 3.8) is 0 Å². The lowest BCUT2D eigenvalue weighted by Gasteiger charge is -2.49. The van der Waals surface area contributed by atoms with Crippen LogP contribution in [-0.2, 0) is 19.2 Å². The molecule has 2 aliphatic carbocycles. The van der Waals surface area contributed by atoms with Gasteiger partial charge in [0, 0.05) is 18.1 Å². The van der Waals surface area contributed by atoms with Crippen molar-refractivity contribution >= 4 is 70.0 Å². The fourth-order valence-electron chi connectivity index (χ4n) is 7.80. The van der Waals surface area contributed by atoms with E-state index in [0.717, 1.165) is 17.0 Å². The van der Waals surface area contributed by atoms with E-state index >= 15 is 8.78 Å². The van der Waals surface area contributed by atoms with Crippen LogP contribution in [0.25, 0.3) is 6.08 Å². The molecule has 0 radical (unpaired) electrons. The number of phenolic OH excluding ortho intramolecular Hbond substituents is 1. The largest absolute Gasteiger partial charge is 0.504 e. The second-order valence-electron chi connectivity index (χ2n) is 12.8. The predicted molar refractivity (Wildman–Crippen MR) is 176 cm³/mol. The van der Waals surface area contributed by atoms with Crippen molar-refractivity contribution in [3.8, 4) is 11.5 Å². The monoisotopic (exact) mass is 777 g/mol. The number of aromatic hydroxyl groups is 1. The van der Waals surface area contributed by atoms with E-state index in [0.29, 0.717) is 5.56 Å². The predicted octanol–water partition coefficient (Wildman–Crippen LogP) is 6.32. The van der Waals surface area contributed by atoms with Gasteiger partial charge in [-0.3, -0.25) is 34.2 Å². The number of anilines is 2. The van der Waals surface area contributed by atoms with Gasteiger partial charge < -0.3 is 9.84 Å². The second-order valence-corrected chi connectivity index (χ2v) is 14.1. The Morgan fingerprint density at radius 3 is 2.11 bits per heavy atom. The van der Waals surface area contributed by atoms with Crippen molar-refractivity contribution in [2.45, 2.75) is 22.6 Å². The number of benzene rings is 3. The maximum absolute atomic E-state index is 15.2. The Morgan fingerprint density at radius 2 is 1.51 bits per heavy atom. The highest BCUT2D eigenvalue weighted by atomic mass is 35.5. The molecule has 4 aliphatic rings. The number of carbonyl (C=O) groups excluding carboxylic acids is 4. The van der Waals surface area contributed by atoms with E-state index in [1.807, 2.05) is 0 Å². The summed E-state index contributed by atoms with van der Waals surface area (Å²) >= 11 is 14.1. The van der Waals surface area contributed by atoms with Crippen LogP contribution in [0.5, 0.6) is 11.5 Å². The van der Waals surface area contributed by atoms with Crippen LogP contribution in [0.1, 0.15) is 18.4 Å². The Bertz CT molecular complexity index is 2230. The van der Waals surface area contributed by atoms with Gasteiger partial charge in [-0.15, -0.1) is 23.2 Å². The normalized spacial score (nSPS) is 28.0. The summed E-state index contributed by atoms with van der Waals surface area (Å²) in [4.78, 5) is 62.1. The lowest BCUT2D eigenvalue weighted by Crippen LogP contribution is -2.60. The SMILES string of the molecule is COc1cc(C=C[C@H]2C3=CC[C@@H]4C(=O)N(c5ccc([N+](=O)[O-])cc5)C(=O)[C@@H]4[C@@H]3C[C@@]3(Cl)C(=O)N(c4c(F)c(F)c(F)c(F)c4F)C(=O)[C@@]23Cl)ccc1O. The minimum atomic E-state index is -2.71. The summed E-state index contributed by atoms with van der Waals surface area (Å²) in [5.41, 5.74) is -1.66.